The van der Waals surface area contributed by atoms with Crippen LogP contribution in [-0.2, 0) is 14.8 Å². The molecule has 12 heteroatoms. The summed E-state index contributed by atoms with van der Waals surface area (Å²) >= 11 is 0.951. The largest absolute Gasteiger partial charge is 0.320 e. The number of hydrogen-bond donors (Lipinski definition) is 1. The molecule has 1 atom stereocenters. The molecule has 164 valence electrons. The van der Waals surface area contributed by atoms with Crippen molar-refractivity contribution in [2.24, 2.45) is 0 Å². The van der Waals surface area contributed by atoms with Crippen molar-refractivity contribution in [3.8, 4) is 0 Å². The Labute approximate surface area is 181 Å². The Morgan fingerprint density at radius 2 is 1.71 bits per heavy atom. The number of nitrogens with one attached hydrogen (secondary N) is 1. The first-order valence-corrected chi connectivity index (χ1v) is 11.7. The van der Waals surface area contributed by atoms with Crippen LogP contribution in [0.4, 0.5) is 14.5 Å². The minimum Gasteiger partial charge on any atom is -0.320 e. The predicted molar refractivity (Wildman–Crippen MR) is 112 cm³/mol. The number of nitrogens with zero attached hydrogens (tertiary/aromatic N) is 4. The zero-order valence-corrected chi connectivity index (χ0v) is 18.1. The van der Waals surface area contributed by atoms with Gasteiger partial charge in [0.25, 0.3) is 0 Å². The fourth-order valence-electron chi connectivity index (χ4n) is 3.47. The van der Waals surface area contributed by atoms with E-state index in [4.69, 9.17) is 0 Å². The lowest BCUT2D eigenvalue weighted by molar-refractivity contribution is -0.121. The van der Waals surface area contributed by atoms with Gasteiger partial charge in [0, 0.05) is 26.2 Å². The summed E-state index contributed by atoms with van der Waals surface area (Å²) in [6.45, 7) is 2.53. The van der Waals surface area contributed by atoms with Crippen molar-refractivity contribution >= 4 is 44.4 Å². The van der Waals surface area contributed by atoms with Crippen LogP contribution in [0.1, 0.15) is 6.92 Å². The number of piperazine rings is 1. The average Bonchev–Trinajstić information content (AvgIpc) is 3.24. The van der Waals surface area contributed by atoms with Crippen LogP contribution in [0.2, 0.25) is 0 Å². The van der Waals surface area contributed by atoms with E-state index in [9.17, 15) is 22.0 Å². The number of carbonyl (C=O) groups excluding carboxylic acids is 1. The Hall–Kier alpha value is -2.54. The van der Waals surface area contributed by atoms with Gasteiger partial charge in [-0.15, -0.1) is 0 Å². The van der Waals surface area contributed by atoms with E-state index in [2.05, 4.69) is 14.1 Å². The summed E-state index contributed by atoms with van der Waals surface area (Å²) in [6.07, 6.45) is 0. The molecule has 1 aliphatic rings. The van der Waals surface area contributed by atoms with Crippen LogP contribution >= 0.6 is 11.7 Å². The molecule has 0 saturated carbocycles. The van der Waals surface area contributed by atoms with Crippen LogP contribution in [0, 0.1) is 11.6 Å². The van der Waals surface area contributed by atoms with Gasteiger partial charge in [0.2, 0.25) is 15.9 Å². The Kier molecular flexibility index (Phi) is 5.97. The number of amides is 1. The topological polar surface area (TPSA) is 95.5 Å². The van der Waals surface area contributed by atoms with E-state index in [0.29, 0.717) is 24.1 Å². The number of anilines is 1. The van der Waals surface area contributed by atoms with Gasteiger partial charge in [0.15, 0.2) is 0 Å². The van der Waals surface area contributed by atoms with Crippen LogP contribution in [0.3, 0.4) is 0 Å². The Balaban J connectivity index is 1.43. The first kappa shape index (κ1) is 21.7. The number of carbonyl (C=O) groups is 1. The normalized spacial score (nSPS) is 17.0. The molecule has 1 saturated heterocycles. The second-order valence-corrected chi connectivity index (χ2v) is 9.52. The maximum absolute atomic E-state index is 13.8. The predicted octanol–water partition coefficient (Wildman–Crippen LogP) is 2.30. The molecule has 31 heavy (non-hydrogen) atoms. The summed E-state index contributed by atoms with van der Waals surface area (Å²) < 4.78 is 63.3. The summed E-state index contributed by atoms with van der Waals surface area (Å²) in [5, 5.41) is 2.28. The standard InChI is InChI=1S/C19H19F2N5O3S2/c1-12(19(27)22-17-13(20)4-2-5-14(17)21)25-8-10-26(11-9-25)31(28,29)16-7-3-6-15-18(16)24-30-23-15/h2-7,12H,8-11H2,1H3,(H,22,27). The fourth-order valence-corrected chi connectivity index (χ4v) is 5.65. The minimum absolute atomic E-state index is 0.105. The molecule has 3 aromatic rings. The molecule has 2 aromatic carbocycles. The zero-order valence-electron chi connectivity index (χ0n) is 16.5. The SMILES string of the molecule is CC(C(=O)Nc1c(F)cccc1F)N1CCN(S(=O)(=O)c2cccc3nsnc23)CC1. The van der Waals surface area contributed by atoms with E-state index in [0.717, 1.165) is 23.9 Å². The number of hydrogen-bond acceptors (Lipinski definition) is 7. The van der Waals surface area contributed by atoms with Crippen molar-refractivity contribution in [3.05, 3.63) is 48.0 Å². The highest BCUT2D eigenvalue weighted by molar-refractivity contribution is 7.89. The maximum Gasteiger partial charge on any atom is 0.245 e. The van der Waals surface area contributed by atoms with Crippen molar-refractivity contribution in [1.82, 2.24) is 18.0 Å². The summed E-state index contributed by atoms with van der Waals surface area (Å²) in [4.78, 5) is 14.4. The Morgan fingerprint density at radius 3 is 2.39 bits per heavy atom. The molecule has 1 N–H and O–H groups in total. The second kappa shape index (κ2) is 8.54. The third kappa shape index (κ3) is 4.15. The highest BCUT2D eigenvalue weighted by Crippen LogP contribution is 2.25. The molecular weight excluding hydrogens is 448 g/mol. The number of benzene rings is 2. The molecule has 1 aromatic heterocycles. The lowest BCUT2D eigenvalue weighted by atomic mass is 10.2. The number of fused-ring (bicyclic) bond motifs is 1. The molecule has 0 radical (unpaired) electrons. The molecule has 0 aliphatic carbocycles. The van der Waals surface area contributed by atoms with E-state index >= 15 is 0 Å². The molecule has 8 nitrogen and oxygen atoms in total. The number of sulfonamides is 1. The highest BCUT2D eigenvalue weighted by atomic mass is 32.2. The van der Waals surface area contributed by atoms with Crippen molar-refractivity contribution < 1.29 is 22.0 Å². The van der Waals surface area contributed by atoms with Crippen LogP contribution in [0.25, 0.3) is 11.0 Å². The molecule has 4 rings (SSSR count). The molecule has 2 heterocycles. The van der Waals surface area contributed by atoms with Crippen molar-refractivity contribution in [2.45, 2.75) is 17.9 Å². The van der Waals surface area contributed by atoms with Crippen molar-refractivity contribution in [2.75, 3.05) is 31.5 Å². The van der Waals surface area contributed by atoms with Crippen LogP contribution in [0.5, 0.6) is 0 Å². The van der Waals surface area contributed by atoms with Crippen molar-refractivity contribution in [3.63, 3.8) is 0 Å². The Morgan fingerprint density at radius 1 is 1.06 bits per heavy atom. The summed E-state index contributed by atoms with van der Waals surface area (Å²) in [5.41, 5.74) is 0.371. The minimum atomic E-state index is -3.78. The van der Waals surface area contributed by atoms with Gasteiger partial charge in [-0.05, 0) is 31.2 Å². The molecular formula is C19H19F2N5O3S2. The third-order valence-electron chi connectivity index (χ3n) is 5.28. The van der Waals surface area contributed by atoms with Gasteiger partial charge in [0.05, 0.1) is 17.8 Å². The third-order valence-corrected chi connectivity index (χ3v) is 7.75. The smallest absolute Gasteiger partial charge is 0.245 e. The molecule has 1 fully saturated rings. The van der Waals surface area contributed by atoms with Gasteiger partial charge in [-0.25, -0.2) is 17.2 Å². The van der Waals surface area contributed by atoms with Gasteiger partial charge >= 0.3 is 0 Å². The molecule has 1 aliphatic heterocycles. The Bertz CT molecular complexity index is 1210. The zero-order chi connectivity index (χ0) is 22.2. The first-order chi connectivity index (χ1) is 14.8. The number of halogens is 2. The van der Waals surface area contributed by atoms with E-state index in [1.165, 1.54) is 16.4 Å². The fraction of sp³-hybridized carbons (Fsp3) is 0.316. The lowest BCUT2D eigenvalue weighted by Gasteiger charge is -2.36. The highest BCUT2D eigenvalue weighted by Gasteiger charge is 2.33. The van der Waals surface area contributed by atoms with Gasteiger partial charge in [-0.1, -0.05) is 12.1 Å². The molecule has 0 bridgehead atoms. The van der Waals surface area contributed by atoms with E-state index < -0.39 is 39.3 Å². The maximum atomic E-state index is 13.8. The van der Waals surface area contributed by atoms with Gasteiger partial charge in [-0.2, -0.15) is 13.1 Å². The number of para-hydroxylation sites is 1. The van der Waals surface area contributed by atoms with Gasteiger partial charge in [0.1, 0.15) is 33.3 Å². The first-order valence-electron chi connectivity index (χ1n) is 9.49. The average molecular weight is 468 g/mol. The van der Waals surface area contributed by atoms with Crippen LogP contribution in [0.15, 0.2) is 41.3 Å². The van der Waals surface area contributed by atoms with Gasteiger partial charge < -0.3 is 5.32 Å². The second-order valence-electron chi connectivity index (χ2n) is 7.09. The van der Waals surface area contributed by atoms with Crippen LogP contribution < -0.4 is 5.32 Å². The number of aromatic nitrogens is 2. The summed E-state index contributed by atoms with van der Waals surface area (Å²) in [6, 6.07) is 7.47. The monoisotopic (exact) mass is 467 g/mol. The summed E-state index contributed by atoms with van der Waals surface area (Å²) in [7, 11) is -3.78. The summed E-state index contributed by atoms with van der Waals surface area (Å²) in [5.74, 6) is -2.29. The van der Waals surface area contributed by atoms with Crippen molar-refractivity contribution in [1.29, 1.82) is 0 Å². The van der Waals surface area contributed by atoms with Gasteiger partial charge in [-0.3, -0.25) is 9.69 Å². The van der Waals surface area contributed by atoms with E-state index in [-0.39, 0.29) is 18.0 Å². The van der Waals surface area contributed by atoms with E-state index in [1.54, 1.807) is 24.0 Å². The molecule has 1 unspecified atom stereocenters. The molecule has 0 spiro atoms. The molecule has 1 amide bonds. The van der Waals surface area contributed by atoms with E-state index in [1.807, 2.05) is 0 Å². The lowest BCUT2D eigenvalue weighted by Crippen LogP contribution is -2.54. The quantitative estimate of drug-likeness (QED) is 0.619. The number of rotatable bonds is 5. The van der Waals surface area contributed by atoms with Crippen LogP contribution in [-0.4, -0.2) is 64.5 Å².